The molecule has 0 nitrogen and oxygen atoms in total. The molecule has 0 saturated heterocycles. The fourth-order valence-corrected chi connectivity index (χ4v) is 2.44. The van der Waals surface area contributed by atoms with Crippen LogP contribution in [0.15, 0.2) is 24.3 Å². The molecule has 0 N–H and O–H groups in total. The summed E-state index contributed by atoms with van der Waals surface area (Å²) in [5.41, 5.74) is 2.91. The van der Waals surface area contributed by atoms with Gasteiger partial charge in [0.2, 0.25) is 0 Å². The van der Waals surface area contributed by atoms with E-state index in [-0.39, 0.29) is 0 Å². The third-order valence-corrected chi connectivity index (χ3v) is 3.42. The highest BCUT2D eigenvalue weighted by atomic mass is 79.9. The summed E-state index contributed by atoms with van der Waals surface area (Å²) in [4.78, 5) is 0. The number of halogens is 1. The third-order valence-electron chi connectivity index (χ3n) is 2.59. The summed E-state index contributed by atoms with van der Waals surface area (Å²) < 4.78 is 0. The first-order valence-corrected chi connectivity index (χ1v) is 5.56. The minimum atomic E-state index is 0.837. The molecule has 12 heavy (non-hydrogen) atoms. The Hall–Kier alpha value is -0.300. The lowest BCUT2D eigenvalue weighted by atomic mass is 10.1. The van der Waals surface area contributed by atoms with Crippen molar-refractivity contribution in [1.29, 1.82) is 0 Å². The lowest BCUT2D eigenvalue weighted by molar-refractivity contribution is 0.935. The molecule has 2 atom stereocenters. The van der Waals surface area contributed by atoms with Crippen molar-refractivity contribution < 1.29 is 0 Å². The van der Waals surface area contributed by atoms with E-state index in [4.69, 9.17) is 0 Å². The molecule has 0 radical (unpaired) electrons. The maximum Gasteiger partial charge on any atom is 0.00657 e. The zero-order chi connectivity index (χ0) is 8.55. The van der Waals surface area contributed by atoms with Gasteiger partial charge in [0.1, 0.15) is 0 Å². The first-order chi connectivity index (χ1) is 5.81. The molecule has 0 amide bonds. The van der Waals surface area contributed by atoms with Crippen LogP contribution in [0.4, 0.5) is 0 Å². The van der Waals surface area contributed by atoms with Crippen LogP contribution in [0.3, 0.4) is 0 Å². The Bertz CT molecular complexity index is 280. The van der Waals surface area contributed by atoms with Gasteiger partial charge < -0.3 is 0 Å². The fraction of sp³-hybridized carbons (Fsp3) is 0.455. The molecule has 1 saturated carbocycles. The van der Waals surface area contributed by atoms with Gasteiger partial charge in [0.05, 0.1) is 0 Å². The number of alkyl halides is 1. The number of aryl methyl sites for hydroxylation is 1. The second-order valence-corrected chi connectivity index (χ2v) is 4.32. The van der Waals surface area contributed by atoms with Crippen molar-refractivity contribution in [2.45, 2.75) is 19.3 Å². The summed E-state index contributed by atoms with van der Waals surface area (Å²) in [7, 11) is 0. The lowest BCUT2D eigenvalue weighted by Gasteiger charge is -1.99. The van der Waals surface area contributed by atoms with Crippen LogP contribution in [0.25, 0.3) is 0 Å². The molecule has 1 heteroatoms. The summed E-state index contributed by atoms with van der Waals surface area (Å²) in [6.07, 6.45) is 1.37. The van der Waals surface area contributed by atoms with Crippen molar-refractivity contribution >= 4 is 15.9 Å². The summed E-state index contributed by atoms with van der Waals surface area (Å²) in [5.74, 6) is 1.73. The summed E-state index contributed by atoms with van der Waals surface area (Å²) in [5, 5.41) is 1.16. The van der Waals surface area contributed by atoms with Crippen LogP contribution in [-0.2, 0) is 0 Å². The average Bonchev–Trinajstić information content (AvgIpc) is 2.83. The van der Waals surface area contributed by atoms with E-state index in [0.29, 0.717) is 0 Å². The van der Waals surface area contributed by atoms with Gasteiger partial charge >= 0.3 is 0 Å². The monoisotopic (exact) mass is 224 g/mol. The van der Waals surface area contributed by atoms with E-state index in [1.54, 1.807) is 0 Å². The molecule has 2 rings (SSSR count). The van der Waals surface area contributed by atoms with Gasteiger partial charge in [-0.2, -0.15) is 0 Å². The minimum Gasteiger partial charge on any atom is -0.0925 e. The maximum absolute atomic E-state index is 3.53. The van der Waals surface area contributed by atoms with Gasteiger partial charge in [0, 0.05) is 5.33 Å². The predicted molar refractivity (Wildman–Crippen MR) is 55.8 cm³/mol. The second kappa shape index (κ2) is 3.21. The van der Waals surface area contributed by atoms with Gasteiger partial charge in [0.15, 0.2) is 0 Å². The Morgan fingerprint density at radius 1 is 1.50 bits per heavy atom. The van der Waals surface area contributed by atoms with E-state index in [0.717, 1.165) is 17.2 Å². The van der Waals surface area contributed by atoms with Crippen LogP contribution in [0, 0.1) is 12.8 Å². The van der Waals surface area contributed by atoms with Gasteiger partial charge in [-0.15, -0.1) is 0 Å². The van der Waals surface area contributed by atoms with Gasteiger partial charge in [0.25, 0.3) is 0 Å². The van der Waals surface area contributed by atoms with Crippen LogP contribution in [0.1, 0.15) is 23.5 Å². The molecule has 0 spiro atoms. The van der Waals surface area contributed by atoms with Crippen LogP contribution in [0.5, 0.6) is 0 Å². The normalized spacial score (nSPS) is 27.2. The topological polar surface area (TPSA) is 0 Å². The molecular weight excluding hydrogens is 212 g/mol. The standard InChI is InChI=1S/C11H13Br/c1-8-3-2-4-9(5-8)11-6-10(11)7-12/h2-5,10-11H,6-7H2,1H3. The first-order valence-electron chi connectivity index (χ1n) is 4.44. The summed E-state index contributed by atoms with van der Waals surface area (Å²) in [6.45, 7) is 2.16. The fourth-order valence-electron chi connectivity index (χ4n) is 1.73. The van der Waals surface area contributed by atoms with Gasteiger partial charge in [-0.25, -0.2) is 0 Å². The highest BCUT2D eigenvalue weighted by Gasteiger charge is 2.36. The van der Waals surface area contributed by atoms with Crippen molar-refractivity contribution in [3.8, 4) is 0 Å². The van der Waals surface area contributed by atoms with Gasteiger partial charge in [-0.05, 0) is 30.7 Å². The summed E-state index contributed by atoms with van der Waals surface area (Å²) >= 11 is 3.53. The number of hydrogen-bond donors (Lipinski definition) is 0. The minimum absolute atomic E-state index is 0.837. The van der Waals surface area contributed by atoms with E-state index in [1.165, 1.54) is 17.5 Å². The highest BCUT2D eigenvalue weighted by molar-refractivity contribution is 9.09. The van der Waals surface area contributed by atoms with E-state index < -0.39 is 0 Å². The average molecular weight is 225 g/mol. The molecule has 2 unspecified atom stereocenters. The number of hydrogen-bond acceptors (Lipinski definition) is 0. The van der Waals surface area contributed by atoms with E-state index in [9.17, 15) is 0 Å². The van der Waals surface area contributed by atoms with Crippen molar-refractivity contribution in [3.63, 3.8) is 0 Å². The molecule has 1 aliphatic rings. The first kappa shape index (κ1) is 8.31. The quantitative estimate of drug-likeness (QED) is 0.676. The van der Waals surface area contributed by atoms with Crippen molar-refractivity contribution in [1.82, 2.24) is 0 Å². The zero-order valence-corrected chi connectivity index (χ0v) is 8.84. The maximum atomic E-state index is 3.53. The van der Waals surface area contributed by atoms with Gasteiger partial charge in [-0.3, -0.25) is 0 Å². The number of rotatable bonds is 2. The molecule has 0 bridgehead atoms. The Morgan fingerprint density at radius 2 is 2.33 bits per heavy atom. The zero-order valence-electron chi connectivity index (χ0n) is 7.26. The van der Waals surface area contributed by atoms with Crippen LogP contribution in [0.2, 0.25) is 0 Å². The molecule has 1 aromatic rings. The largest absolute Gasteiger partial charge is 0.0925 e. The van der Waals surface area contributed by atoms with E-state index in [1.807, 2.05) is 0 Å². The third kappa shape index (κ3) is 1.56. The predicted octanol–water partition coefficient (Wildman–Crippen LogP) is 3.49. The summed E-state index contributed by atoms with van der Waals surface area (Å²) in [6, 6.07) is 8.89. The smallest absolute Gasteiger partial charge is 0.00657 e. The van der Waals surface area contributed by atoms with Crippen LogP contribution >= 0.6 is 15.9 Å². The van der Waals surface area contributed by atoms with Gasteiger partial charge in [-0.1, -0.05) is 45.8 Å². The molecule has 0 aliphatic heterocycles. The lowest BCUT2D eigenvalue weighted by Crippen LogP contribution is -1.84. The molecule has 0 aromatic heterocycles. The van der Waals surface area contributed by atoms with Crippen molar-refractivity contribution in [2.75, 3.05) is 5.33 Å². The molecule has 1 fully saturated rings. The highest BCUT2D eigenvalue weighted by Crippen LogP contribution is 2.48. The van der Waals surface area contributed by atoms with Crippen LogP contribution in [-0.4, -0.2) is 5.33 Å². The number of benzene rings is 1. The Labute approximate surface area is 82.1 Å². The molecule has 1 aromatic carbocycles. The Morgan fingerprint density at radius 3 is 2.92 bits per heavy atom. The van der Waals surface area contributed by atoms with E-state index in [2.05, 4.69) is 47.1 Å². The Kier molecular flexibility index (Phi) is 2.22. The van der Waals surface area contributed by atoms with E-state index >= 15 is 0 Å². The van der Waals surface area contributed by atoms with Crippen molar-refractivity contribution in [2.24, 2.45) is 5.92 Å². The molecule has 0 heterocycles. The molecule has 64 valence electrons. The second-order valence-electron chi connectivity index (χ2n) is 3.67. The molecular formula is C11H13Br. The van der Waals surface area contributed by atoms with Crippen LogP contribution < -0.4 is 0 Å². The molecule has 1 aliphatic carbocycles. The Balaban J connectivity index is 2.14. The SMILES string of the molecule is Cc1cccc(C2CC2CBr)c1. The van der Waals surface area contributed by atoms with Crippen molar-refractivity contribution in [3.05, 3.63) is 35.4 Å².